The molecule has 0 aromatic rings. The second-order valence-electron chi connectivity index (χ2n) is 6.13. The monoisotopic (exact) mass is 298 g/mol. The van der Waals surface area contributed by atoms with Crippen molar-refractivity contribution in [3.8, 4) is 0 Å². The Kier molecular flexibility index (Phi) is 9.11. The average Bonchev–Trinajstić information content (AvgIpc) is 2.46. The summed E-state index contributed by atoms with van der Waals surface area (Å²) in [5, 5.41) is 0. The van der Waals surface area contributed by atoms with Gasteiger partial charge in [-0.25, -0.2) is 0 Å². The zero-order valence-electron chi connectivity index (χ0n) is 13.6. The fourth-order valence-corrected chi connectivity index (χ4v) is 2.76. The minimum absolute atomic E-state index is 0.0271. The highest BCUT2D eigenvalue weighted by Gasteiger charge is 2.16. The number of carbonyl (C=O) groups excluding carboxylic acids is 2. The van der Waals surface area contributed by atoms with E-state index in [1.165, 1.54) is 32.1 Å². The molecule has 4 nitrogen and oxygen atoms in total. The molecule has 1 unspecified atom stereocenters. The number of hydrogen-bond acceptors (Lipinski definition) is 4. The Labute approximate surface area is 128 Å². The zero-order valence-corrected chi connectivity index (χ0v) is 13.6. The van der Waals surface area contributed by atoms with Gasteiger partial charge in [0.25, 0.3) is 0 Å². The van der Waals surface area contributed by atoms with E-state index in [9.17, 15) is 9.59 Å². The van der Waals surface area contributed by atoms with Crippen LogP contribution in [0.3, 0.4) is 0 Å². The van der Waals surface area contributed by atoms with E-state index in [1.54, 1.807) is 0 Å². The van der Waals surface area contributed by atoms with Crippen LogP contribution in [0.1, 0.15) is 78.1 Å². The minimum atomic E-state index is -0.212. The van der Waals surface area contributed by atoms with Crippen LogP contribution in [0.15, 0.2) is 0 Å². The van der Waals surface area contributed by atoms with E-state index in [2.05, 4.69) is 6.92 Å². The molecule has 0 amide bonds. The van der Waals surface area contributed by atoms with Crippen molar-refractivity contribution in [1.82, 2.24) is 0 Å². The third-order valence-electron chi connectivity index (χ3n) is 3.99. The van der Waals surface area contributed by atoms with Crippen molar-refractivity contribution in [1.29, 1.82) is 0 Å². The molecule has 0 saturated heterocycles. The fourth-order valence-electron chi connectivity index (χ4n) is 2.76. The summed E-state index contributed by atoms with van der Waals surface area (Å²) in [4.78, 5) is 23.2. The largest absolute Gasteiger partial charge is 0.465 e. The molecule has 21 heavy (non-hydrogen) atoms. The van der Waals surface area contributed by atoms with E-state index < -0.39 is 0 Å². The van der Waals surface area contributed by atoms with Gasteiger partial charge in [-0.15, -0.1) is 0 Å². The maximum Gasteiger partial charge on any atom is 0.306 e. The van der Waals surface area contributed by atoms with Crippen LogP contribution in [0, 0.1) is 5.92 Å². The van der Waals surface area contributed by atoms with E-state index >= 15 is 0 Å². The molecule has 0 spiro atoms. The minimum Gasteiger partial charge on any atom is -0.465 e. The van der Waals surface area contributed by atoms with Crippen molar-refractivity contribution in [2.24, 2.45) is 5.92 Å². The highest BCUT2D eigenvalue weighted by molar-refractivity contribution is 5.72. The van der Waals surface area contributed by atoms with Gasteiger partial charge < -0.3 is 9.47 Å². The lowest BCUT2D eigenvalue weighted by molar-refractivity contribution is -0.149. The van der Waals surface area contributed by atoms with Crippen LogP contribution in [0.25, 0.3) is 0 Å². The van der Waals surface area contributed by atoms with Gasteiger partial charge in [-0.2, -0.15) is 0 Å². The van der Waals surface area contributed by atoms with E-state index in [0.29, 0.717) is 31.8 Å². The number of carbonyl (C=O) groups is 2. The van der Waals surface area contributed by atoms with Crippen LogP contribution >= 0.6 is 0 Å². The lowest BCUT2D eigenvalue weighted by Gasteiger charge is -2.21. The third kappa shape index (κ3) is 8.74. The van der Waals surface area contributed by atoms with Gasteiger partial charge in [-0.05, 0) is 38.5 Å². The zero-order chi connectivity index (χ0) is 15.5. The predicted molar refractivity (Wildman–Crippen MR) is 81.8 cm³/mol. The fraction of sp³-hybridized carbons (Fsp3) is 0.882. The molecule has 0 bridgehead atoms. The summed E-state index contributed by atoms with van der Waals surface area (Å²) < 4.78 is 10.5. The van der Waals surface area contributed by atoms with Crippen molar-refractivity contribution in [2.45, 2.75) is 84.2 Å². The Morgan fingerprint density at radius 3 is 2.43 bits per heavy atom. The maximum absolute atomic E-state index is 11.6. The smallest absolute Gasteiger partial charge is 0.306 e. The third-order valence-corrected chi connectivity index (χ3v) is 3.99. The lowest BCUT2D eigenvalue weighted by atomic mass is 9.90. The van der Waals surface area contributed by atoms with Gasteiger partial charge in [0.15, 0.2) is 0 Å². The van der Waals surface area contributed by atoms with Crippen molar-refractivity contribution < 1.29 is 19.1 Å². The summed E-state index contributed by atoms with van der Waals surface area (Å²) in [6, 6.07) is 0. The highest BCUT2D eigenvalue weighted by Crippen LogP contribution is 2.23. The summed E-state index contributed by atoms with van der Waals surface area (Å²) in [7, 11) is 0. The topological polar surface area (TPSA) is 52.6 Å². The van der Waals surface area contributed by atoms with E-state index in [4.69, 9.17) is 9.47 Å². The quantitative estimate of drug-likeness (QED) is 0.603. The van der Waals surface area contributed by atoms with Crippen LogP contribution in [0.5, 0.6) is 0 Å². The van der Waals surface area contributed by atoms with Gasteiger partial charge in [0.2, 0.25) is 0 Å². The molecule has 0 radical (unpaired) electrons. The Bertz CT molecular complexity index is 308. The van der Waals surface area contributed by atoms with Gasteiger partial charge >= 0.3 is 11.9 Å². The van der Waals surface area contributed by atoms with Crippen LogP contribution in [0.4, 0.5) is 0 Å². The van der Waals surface area contributed by atoms with Crippen molar-refractivity contribution in [3.05, 3.63) is 0 Å². The molecule has 0 aromatic carbocycles. The first-order valence-electron chi connectivity index (χ1n) is 8.47. The first-order valence-corrected chi connectivity index (χ1v) is 8.47. The molecule has 1 atom stereocenters. The first-order chi connectivity index (χ1) is 10.1. The molecule has 4 heteroatoms. The van der Waals surface area contributed by atoms with Crippen LogP contribution in [-0.4, -0.2) is 24.6 Å². The summed E-state index contributed by atoms with van der Waals surface area (Å²) in [5.74, 6) is 0.147. The molecular formula is C17H30O4. The summed E-state index contributed by atoms with van der Waals surface area (Å²) >= 11 is 0. The summed E-state index contributed by atoms with van der Waals surface area (Å²) in [6.07, 6.45) is 9.15. The van der Waals surface area contributed by atoms with Crippen molar-refractivity contribution in [3.63, 3.8) is 0 Å². The van der Waals surface area contributed by atoms with E-state index in [-0.39, 0.29) is 18.0 Å². The molecule has 1 saturated carbocycles. The molecule has 1 fully saturated rings. The number of hydrogen-bond donors (Lipinski definition) is 0. The molecule has 1 aliphatic carbocycles. The van der Waals surface area contributed by atoms with Crippen LogP contribution in [-0.2, 0) is 19.1 Å². The highest BCUT2D eigenvalue weighted by atomic mass is 16.5. The Hall–Kier alpha value is -1.06. The number of rotatable bonds is 9. The molecular weight excluding hydrogens is 268 g/mol. The Balaban J connectivity index is 2.03. The standard InChI is InChI=1S/C17H30O4/c1-3-8-14(2)21-17(19)12-7-11-16(18)20-13-15-9-5-4-6-10-15/h14-15H,3-13H2,1-2H3. The molecule has 0 aliphatic heterocycles. The SMILES string of the molecule is CCCC(C)OC(=O)CCCC(=O)OCC1CCCCC1. The van der Waals surface area contributed by atoms with Crippen LogP contribution in [0.2, 0.25) is 0 Å². The molecule has 0 N–H and O–H groups in total. The van der Waals surface area contributed by atoms with Gasteiger partial charge in [-0.1, -0.05) is 32.6 Å². The van der Waals surface area contributed by atoms with Gasteiger partial charge in [0.05, 0.1) is 12.7 Å². The second-order valence-corrected chi connectivity index (χ2v) is 6.13. The first kappa shape index (κ1) is 18.0. The molecule has 1 aliphatic rings. The van der Waals surface area contributed by atoms with E-state index in [1.807, 2.05) is 6.92 Å². The molecule has 0 aromatic heterocycles. The Morgan fingerprint density at radius 1 is 1.10 bits per heavy atom. The predicted octanol–water partition coefficient (Wildman–Crippen LogP) is 4.01. The van der Waals surface area contributed by atoms with Crippen molar-refractivity contribution >= 4 is 11.9 Å². The molecule has 122 valence electrons. The van der Waals surface area contributed by atoms with Gasteiger partial charge in [-0.3, -0.25) is 9.59 Å². The van der Waals surface area contributed by atoms with Crippen LogP contribution < -0.4 is 0 Å². The number of ether oxygens (including phenoxy) is 2. The van der Waals surface area contributed by atoms with Gasteiger partial charge in [0, 0.05) is 12.8 Å². The normalized spacial score (nSPS) is 17.2. The van der Waals surface area contributed by atoms with Gasteiger partial charge in [0.1, 0.15) is 0 Å². The molecule has 0 heterocycles. The molecule has 1 rings (SSSR count). The van der Waals surface area contributed by atoms with Crippen molar-refractivity contribution in [2.75, 3.05) is 6.61 Å². The lowest BCUT2D eigenvalue weighted by Crippen LogP contribution is -2.17. The maximum atomic E-state index is 11.6. The number of esters is 2. The average molecular weight is 298 g/mol. The summed E-state index contributed by atoms with van der Waals surface area (Å²) in [5.41, 5.74) is 0. The van der Waals surface area contributed by atoms with E-state index in [0.717, 1.165) is 12.8 Å². The Morgan fingerprint density at radius 2 is 1.76 bits per heavy atom. The summed E-state index contributed by atoms with van der Waals surface area (Å²) in [6.45, 7) is 4.52. The second kappa shape index (κ2) is 10.6.